The van der Waals surface area contributed by atoms with Gasteiger partial charge in [-0.3, -0.25) is 0 Å². The summed E-state index contributed by atoms with van der Waals surface area (Å²) in [5, 5.41) is 15.1. The van der Waals surface area contributed by atoms with Gasteiger partial charge in [-0.1, -0.05) is 212 Å². The third-order valence-corrected chi connectivity index (χ3v) is 12.3. The lowest BCUT2D eigenvalue weighted by molar-refractivity contribution is 1.18. The Labute approximate surface area is 347 Å². The van der Waals surface area contributed by atoms with E-state index in [0.29, 0.717) is 5.82 Å². The molecule has 0 fully saturated rings. The molecule has 60 heavy (non-hydrogen) atoms. The second-order valence-corrected chi connectivity index (χ2v) is 15.6. The van der Waals surface area contributed by atoms with Gasteiger partial charge in [0.25, 0.3) is 0 Å². The molecule has 278 valence electrons. The van der Waals surface area contributed by atoms with Crippen molar-refractivity contribution in [2.24, 2.45) is 0 Å². The molecule has 0 spiro atoms. The van der Waals surface area contributed by atoms with E-state index >= 15 is 0 Å². The zero-order valence-electron chi connectivity index (χ0n) is 32.7. The summed E-state index contributed by atoms with van der Waals surface area (Å²) in [6.07, 6.45) is 0. The van der Waals surface area contributed by atoms with Gasteiger partial charge in [-0.15, -0.1) is 0 Å². The molecule has 0 atom stereocenters. The first kappa shape index (κ1) is 34.1. The molecular weight excluding hydrogens is 725 g/mol. The van der Waals surface area contributed by atoms with Crippen LogP contribution in [0.4, 0.5) is 0 Å². The highest BCUT2D eigenvalue weighted by atomic mass is 14.9. The molecule has 0 aliphatic rings. The van der Waals surface area contributed by atoms with Crippen LogP contribution in [0, 0.1) is 0 Å². The molecule has 12 rings (SSSR count). The minimum atomic E-state index is 0.714. The van der Waals surface area contributed by atoms with E-state index in [2.05, 4.69) is 194 Å². The number of nitrogens with zero attached hydrogens (tertiary/aromatic N) is 2. The van der Waals surface area contributed by atoms with E-state index in [-0.39, 0.29) is 0 Å². The molecule has 0 aliphatic carbocycles. The molecule has 0 saturated heterocycles. The number of hydrogen-bond acceptors (Lipinski definition) is 2. The first-order valence-corrected chi connectivity index (χ1v) is 20.6. The van der Waals surface area contributed by atoms with Crippen molar-refractivity contribution in [3.05, 3.63) is 218 Å². The lowest BCUT2D eigenvalue weighted by atomic mass is 9.87. The Hall–Kier alpha value is -7.94. The van der Waals surface area contributed by atoms with Crippen LogP contribution in [0.5, 0.6) is 0 Å². The summed E-state index contributed by atoms with van der Waals surface area (Å²) in [5.74, 6) is 0.714. The predicted octanol–water partition coefficient (Wildman–Crippen LogP) is 15.7. The Kier molecular flexibility index (Phi) is 7.89. The number of rotatable bonds is 5. The van der Waals surface area contributed by atoms with Crippen molar-refractivity contribution >= 4 is 64.6 Å². The smallest absolute Gasteiger partial charge is 0.160 e. The molecule has 1 heterocycles. The molecule has 11 aromatic carbocycles. The fourth-order valence-corrected chi connectivity index (χ4v) is 9.51. The normalized spacial score (nSPS) is 11.7. The average Bonchev–Trinajstić information content (AvgIpc) is 3.33. The average molecular weight is 761 g/mol. The van der Waals surface area contributed by atoms with Gasteiger partial charge in [-0.2, -0.15) is 0 Å². The third-order valence-electron chi connectivity index (χ3n) is 12.3. The SMILES string of the molecule is c1ccc(-c2cc(-c3ccc(-c4ccc(-c5cccc6c7cccc8ccc9cccc(c%10ccccc%10c56)c9c87)cc4)c4ccccc34)nc(-c3ccccc3)n2)cc1. The van der Waals surface area contributed by atoms with Gasteiger partial charge in [-0.05, 0) is 93.0 Å². The maximum absolute atomic E-state index is 5.19. The minimum Gasteiger partial charge on any atom is -0.228 e. The Balaban J connectivity index is 1.03. The van der Waals surface area contributed by atoms with Crippen molar-refractivity contribution in [3.63, 3.8) is 0 Å². The second kappa shape index (κ2) is 13.9. The van der Waals surface area contributed by atoms with E-state index < -0.39 is 0 Å². The zero-order chi connectivity index (χ0) is 39.6. The highest BCUT2D eigenvalue weighted by Gasteiger charge is 2.17. The quantitative estimate of drug-likeness (QED) is 0.163. The monoisotopic (exact) mass is 760 g/mol. The van der Waals surface area contributed by atoms with Crippen LogP contribution in [0.15, 0.2) is 218 Å². The minimum absolute atomic E-state index is 0.714. The molecule has 0 amide bonds. The van der Waals surface area contributed by atoms with E-state index in [1.54, 1.807) is 0 Å². The number of benzene rings is 10. The van der Waals surface area contributed by atoms with Crippen molar-refractivity contribution < 1.29 is 0 Å². The summed E-state index contributed by atoms with van der Waals surface area (Å²) in [5.41, 5.74) is 9.70. The van der Waals surface area contributed by atoms with Gasteiger partial charge < -0.3 is 0 Å². The first-order valence-electron chi connectivity index (χ1n) is 20.6. The second-order valence-electron chi connectivity index (χ2n) is 15.6. The standard InChI is InChI=1S/C58H36N2/c1-3-14-39(15-4-1)53-36-54(60-58(59-53)42-16-5-2-6-17-42)48-35-34-43(45-20-7-8-21-46(45)48)37-28-30-38(31-29-37)44-24-13-27-52-51-26-12-19-41-33-32-40-18-11-25-49(55(40)56(41)51)47-22-9-10-23-50(47)57(44)52/h1-36H. The summed E-state index contributed by atoms with van der Waals surface area (Å²) in [6.45, 7) is 0. The van der Waals surface area contributed by atoms with E-state index in [1.807, 2.05) is 24.3 Å². The molecule has 1 aromatic heterocycles. The van der Waals surface area contributed by atoms with Crippen LogP contribution >= 0.6 is 0 Å². The molecule has 2 heteroatoms. The lowest BCUT2D eigenvalue weighted by Gasteiger charge is -2.16. The van der Waals surface area contributed by atoms with Crippen LogP contribution in [0.2, 0.25) is 0 Å². The van der Waals surface area contributed by atoms with E-state index in [9.17, 15) is 0 Å². The molecular formula is C58H36N2. The molecule has 0 N–H and O–H groups in total. The van der Waals surface area contributed by atoms with Crippen molar-refractivity contribution in [2.45, 2.75) is 0 Å². The van der Waals surface area contributed by atoms with Gasteiger partial charge >= 0.3 is 0 Å². The molecule has 0 radical (unpaired) electrons. The van der Waals surface area contributed by atoms with Crippen molar-refractivity contribution in [1.82, 2.24) is 9.97 Å². The topological polar surface area (TPSA) is 25.8 Å². The number of fused-ring (bicyclic) bond motifs is 6. The van der Waals surface area contributed by atoms with Gasteiger partial charge in [-0.25, -0.2) is 9.97 Å². The first-order chi connectivity index (χ1) is 29.8. The Morgan fingerprint density at radius 1 is 0.233 bits per heavy atom. The maximum Gasteiger partial charge on any atom is 0.160 e. The highest BCUT2D eigenvalue weighted by Crippen LogP contribution is 2.44. The van der Waals surface area contributed by atoms with Gasteiger partial charge in [0.15, 0.2) is 5.82 Å². The molecule has 2 nitrogen and oxygen atoms in total. The van der Waals surface area contributed by atoms with Crippen LogP contribution in [0.3, 0.4) is 0 Å². The summed E-state index contributed by atoms with van der Waals surface area (Å²) in [7, 11) is 0. The molecule has 0 aliphatic heterocycles. The summed E-state index contributed by atoms with van der Waals surface area (Å²) in [4.78, 5) is 10.2. The summed E-state index contributed by atoms with van der Waals surface area (Å²) < 4.78 is 0. The highest BCUT2D eigenvalue weighted by molar-refractivity contribution is 6.34. The third kappa shape index (κ3) is 5.50. The predicted molar refractivity (Wildman–Crippen MR) is 254 cm³/mol. The van der Waals surface area contributed by atoms with Crippen molar-refractivity contribution in [3.8, 4) is 56.2 Å². The van der Waals surface area contributed by atoms with Gasteiger partial charge in [0.05, 0.1) is 11.4 Å². The van der Waals surface area contributed by atoms with Gasteiger partial charge in [0, 0.05) is 16.7 Å². The Bertz CT molecular complexity index is 3570. The van der Waals surface area contributed by atoms with Crippen LogP contribution in [0.1, 0.15) is 0 Å². The van der Waals surface area contributed by atoms with Crippen LogP contribution in [-0.4, -0.2) is 9.97 Å². The Morgan fingerprint density at radius 3 is 1.35 bits per heavy atom. The molecule has 0 bridgehead atoms. The molecule has 0 unspecified atom stereocenters. The van der Waals surface area contributed by atoms with E-state index in [4.69, 9.17) is 9.97 Å². The van der Waals surface area contributed by atoms with E-state index in [0.717, 1.165) is 33.5 Å². The molecule has 0 saturated carbocycles. The molecule has 12 aromatic rings. The summed E-state index contributed by atoms with van der Waals surface area (Å²) >= 11 is 0. The zero-order valence-corrected chi connectivity index (χ0v) is 32.7. The maximum atomic E-state index is 5.19. The lowest BCUT2D eigenvalue weighted by Crippen LogP contribution is -1.96. The van der Waals surface area contributed by atoms with Crippen molar-refractivity contribution in [2.75, 3.05) is 0 Å². The van der Waals surface area contributed by atoms with Gasteiger partial charge in [0.1, 0.15) is 0 Å². The summed E-state index contributed by atoms with van der Waals surface area (Å²) in [6, 6.07) is 78.9. The van der Waals surface area contributed by atoms with E-state index in [1.165, 1.54) is 81.5 Å². The fraction of sp³-hybridized carbons (Fsp3) is 0. The number of hydrogen-bond donors (Lipinski definition) is 0. The Morgan fingerprint density at radius 2 is 0.683 bits per heavy atom. The van der Waals surface area contributed by atoms with Crippen LogP contribution in [0.25, 0.3) is 121 Å². The van der Waals surface area contributed by atoms with Crippen LogP contribution in [-0.2, 0) is 0 Å². The number of aromatic nitrogens is 2. The fourth-order valence-electron chi connectivity index (χ4n) is 9.51. The van der Waals surface area contributed by atoms with Gasteiger partial charge in [0.2, 0.25) is 0 Å². The van der Waals surface area contributed by atoms with Crippen LogP contribution < -0.4 is 0 Å². The van der Waals surface area contributed by atoms with Crippen molar-refractivity contribution in [1.29, 1.82) is 0 Å². The largest absolute Gasteiger partial charge is 0.228 e.